The van der Waals surface area contributed by atoms with Crippen molar-refractivity contribution in [2.75, 3.05) is 20.8 Å². The highest BCUT2D eigenvalue weighted by Gasteiger charge is 2.42. The van der Waals surface area contributed by atoms with Crippen molar-refractivity contribution in [3.8, 4) is 11.5 Å². The highest BCUT2D eigenvalue weighted by atomic mass is 79.9. The van der Waals surface area contributed by atoms with Gasteiger partial charge in [-0.25, -0.2) is 0 Å². The molecule has 5 rings (SSSR count). The van der Waals surface area contributed by atoms with Crippen LogP contribution in [0.15, 0.2) is 68.3 Å². The van der Waals surface area contributed by atoms with E-state index < -0.39 is 6.04 Å². The van der Waals surface area contributed by atoms with Gasteiger partial charge in [0.2, 0.25) is 5.76 Å². The van der Waals surface area contributed by atoms with E-state index in [1.165, 1.54) is 0 Å². The number of methoxy groups -OCH3 is 2. The van der Waals surface area contributed by atoms with Gasteiger partial charge in [0.05, 0.1) is 31.2 Å². The number of ether oxygens (including phenoxy) is 2. The zero-order valence-corrected chi connectivity index (χ0v) is 22.3. The predicted molar refractivity (Wildman–Crippen MR) is 143 cm³/mol. The van der Waals surface area contributed by atoms with Gasteiger partial charge in [-0.2, -0.15) is 0 Å². The molecular formula is C28H23BrClNO5. The first-order valence-electron chi connectivity index (χ1n) is 11.4. The van der Waals surface area contributed by atoms with Gasteiger partial charge in [-0.3, -0.25) is 9.59 Å². The monoisotopic (exact) mass is 567 g/mol. The van der Waals surface area contributed by atoms with E-state index in [0.29, 0.717) is 46.0 Å². The Balaban J connectivity index is 1.60. The molecule has 0 radical (unpaired) electrons. The standard InChI is InChI=1S/C28H23BrClNO5/c1-15-12-22-19(14-20(15)30)26(32)24-25(17-5-7-18(29)8-6-17)31(28(33)27(24)36-22)11-10-16-4-9-21(34-2)23(13-16)35-3/h4-9,12-14,25H,10-11H2,1-3H3. The number of rotatable bonds is 6. The van der Waals surface area contributed by atoms with Crippen LogP contribution in [0.4, 0.5) is 0 Å². The summed E-state index contributed by atoms with van der Waals surface area (Å²) in [6.07, 6.45) is 0.547. The highest BCUT2D eigenvalue weighted by Crippen LogP contribution is 2.39. The first-order valence-corrected chi connectivity index (χ1v) is 12.5. The molecule has 3 aromatic carbocycles. The fourth-order valence-corrected chi connectivity index (χ4v) is 5.08. The van der Waals surface area contributed by atoms with Crippen molar-refractivity contribution >= 4 is 44.4 Å². The molecule has 0 aliphatic carbocycles. The van der Waals surface area contributed by atoms with E-state index in [2.05, 4.69) is 15.9 Å². The van der Waals surface area contributed by atoms with Crippen molar-refractivity contribution in [1.82, 2.24) is 4.90 Å². The summed E-state index contributed by atoms with van der Waals surface area (Å²) in [5.74, 6) is 1.01. The number of carbonyl (C=O) groups is 1. The fraction of sp³-hybridized carbons (Fsp3) is 0.214. The Kier molecular flexibility index (Phi) is 6.53. The molecule has 1 aromatic heterocycles. The first-order chi connectivity index (χ1) is 17.3. The molecule has 1 aliphatic heterocycles. The molecule has 36 heavy (non-hydrogen) atoms. The Morgan fingerprint density at radius 3 is 2.42 bits per heavy atom. The topological polar surface area (TPSA) is 69.0 Å². The van der Waals surface area contributed by atoms with E-state index in [-0.39, 0.29) is 17.1 Å². The SMILES string of the molecule is COc1ccc(CCN2C(=O)c3oc4cc(C)c(Cl)cc4c(=O)c3C2c2ccc(Br)cc2)cc1OC. The number of nitrogens with zero attached hydrogens (tertiary/aromatic N) is 1. The van der Waals surface area contributed by atoms with Crippen LogP contribution in [0.1, 0.15) is 38.9 Å². The van der Waals surface area contributed by atoms with Crippen LogP contribution in [0.25, 0.3) is 11.0 Å². The maximum Gasteiger partial charge on any atom is 0.290 e. The summed E-state index contributed by atoms with van der Waals surface area (Å²) in [5, 5.41) is 0.838. The Morgan fingerprint density at radius 2 is 1.72 bits per heavy atom. The number of aryl methyl sites for hydroxylation is 1. The molecule has 0 N–H and O–H groups in total. The van der Waals surface area contributed by atoms with E-state index in [1.807, 2.05) is 49.4 Å². The van der Waals surface area contributed by atoms with Gasteiger partial charge >= 0.3 is 0 Å². The van der Waals surface area contributed by atoms with Crippen LogP contribution in [0.5, 0.6) is 11.5 Å². The molecule has 1 atom stereocenters. The van der Waals surface area contributed by atoms with Crippen LogP contribution in [0.3, 0.4) is 0 Å². The normalized spacial score (nSPS) is 14.9. The minimum absolute atomic E-state index is 0.0782. The van der Waals surface area contributed by atoms with Crippen molar-refractivity contribution in [3.63, 3.8) is 0 Å². The lowest BCUT2D eigenvalue weighted by atomic mass is 9.98. The van der Waals surface area contributed by atoms with E-state index in [9.17, 15) is 9.59 Å². The summed E-state index contributed by atoms with van der Waals surface area (Å²) < 4.78 is 17.7. The van der Waals surface area contributed by atoms with Crippen LogP contribution < -0.4 is 14.9 Å². The van der Waals surface area contributed by atoms with Crippen LogP contribution in [-0.2, 0) is 6.42 Å². The predicted octanol–water partition coefficient (Wildman–Crippen LogP) is 6.32. The summed E-state index contributed by atoms with van der Waals surface area (Å²) in [7, 11) is 3.17. The molecule has 0 spiro atoms. The second-order valence-electron chi connectivity index (χ2n) is 8.66. The number of benzene rings is 3. The Morgan fingerprint density at radius 1 is 1.00 bits per heavy atom. The fourth-order valence-electron chi connectivity index (χ4n) is 4.65. The maximum atomic E-state index is 13.7. The van der Waals surface area contributed by atoms with Gasteiger partial charge in [0.15, 0.2) is 16.9 Å². The molecule has 2 heterocycles. The Bertz CT molecular complexity index is 1550. The molecule has 0 fully saturated rings. The number of carbonyl (C=O) groups excluding carboxylic acids is 1. The molecule has 184 valence electrons. The average Bonchev–Trinajstić information content (AvgIpc) is 3.16. The maximum absolute atomic E-state index is 13.7. The van der Waals surface area contributed by atoms with Crippen molar-refractivity contribution < 1.29 is 18.7 Å². The second kappa shape index (κ2) is 9.64. The number of hydrogen-bond acceptors (Lipinski definition) is 5. The molecule has 1 amide bonds. The molecule has 6 nitrogen and oxygen atoms in total. The smallest absolute Gasteiger partial charge is 0.290 e. The molecule has 0 saturated heterocycles. The lowest BCUT2D eigenvalue weighted by Gasteiger charge is -2.25. The van der Waals surface area contributed by atoms with E-state index in [1.54, 1.807) is 31.3 Å². The van der Waals surface area contributed by atoms with Gasteiger partial charge in [-0.1, -0.05) is 45.7 Å². The Labute approximate surface area is 221 Å². The van der Waals surface area contributed by atoms with Crippen molar-refractivity contribution in [3.05, 3.63) is 102 Å². The number of fused-ring (bicyclic) bond motifs is 2. The number of amides is 1. The summed E-state index contributed by atoms with van der Waals surface area (Å²) in [4.78, 5) is 29.1. The number of hydrogen-bond donors (Lipinski definition) is 0. The minimum Gasteiger partial charge on any atom is -0.493 e. The Hall–Kier alpha value is -3.29. The van der Waals surface area contributed by atoms with E-state index in [4.69, 9.17) is 25.5 Å². The van der Waals surface area contributed by atoms with Gasteiger partial charge in [0.25, 0.3) is 5.91 Å². The van der Waals surface area contributed by atoms with Crippen molar-refractivity contribution in [2.45, 2.75) is 19.4 Å². The van der Waals surface area contributed by atoms with Crippen LogP contribution in [-0.4, -0.2) is 31.6 Å². The largest absolute Gasteiger partial charge is 0.493 e. The molecule has 8 heteroatoms. The number of halogens is 2. The lowest BCUT2D eigenvalue weighted by molar-refractivity contribution is 0.0730. The molecule has 1 unspecified atom stereocenters. The molecular weight excluding hydrogens is 546 g/mol. The van der Waals surface area contributed by atoms with E-state index in [0.717, 1.165) is 21.2 Å². The molecule has 0 bridgehead atoms. The van der Waals surface area contributed by atoms with Crippen molar-refractivity contribution in [2.24, 2.45) is 0 Å². The third kappa shape index (κ3) is 4.16. The van der Waals surface area contributed by atoms with Gasteiger partial charge in [0, 0.05) is 16.0 Å². The third-order valence-electron chi connectivity index (χ3n) is 6.52. The third-order valence-corrected chi connectivity index (χ3v) is 7.46. The van der Waals surface area contributed by atoms with Gasteiger partial charge < -0.3 is 18.8 Å². The highest BCUT2D eigenvalue weighted by molar-refractivity contribution is 9.10. The summed E-state index contributed by atoms with van der Waals surface area (Å²) in [5.41, 5.74) is 3.00. The van der Waals surface area contributed by atoms with Gasteiger partial charge in [0.1, 0.15) is 5.58 Å². The quantitative estimate of drug-likeness (QED) is 0.272. The van der Waals surface area contributed by atoms with Crippen LogP contribution in [0.2, 0.25) is 5.02 Å². The van der Waals surface area contributed by atoms with E-state index >= 15 is 0 Å². The molecule has 1 aliphatic rings. The lowest BCUT2D eigenvalue weighted by Crippen LogP contribution is -2.31. The zero-order valence-electron chi connectivity index (χ0n) is 19.9. The average molecular weight is 569 g/mol. The van der Waals surface area contributed by atoms with Crippen molar-refractivity contribution in [1.29, 1.82) is 0 Å². The summed E-state index contributed by atoms with van der Waals surface area (Å²) in [6.45, 7) is 2.20. The molecule has 4 aromatic rings. The summed E-state index contributed by atoms with van der Waals surface area (Å²) >= 11 is 9.78. The van der Waals surface area contributed by atoms with Gasteiger partial charge in [-0.15, -0.1) is 0 Å². The first kappa shape index (κ1) is 24.4. The van der Waals surface area contributed by atoms with Crippen LogP contribution >= 0.6 is 27.5 Å². The van der Waals surface area contributed by atoms with Crippen LogP contribution in [0, 0.1) is 6.92 Å². The summed E-state index contributed by atoms with van der Waals surface area (Å²) in [6, 6.07) is 16.0. The van der Waals surface area contributed by atoms with Gasteiger partial charge in [-0.05, 0) is 66.4 Å². The minimum atomic E-state index is -0.582. The second-order valence-corrected chi connectivity index (χ2v) is 9.99. The molecule has 0 saturated carbocycles. The zero-order chi connectivity index (χ0) is 25.6.